The number of carbonyl (C=O) groups is 2. The number of nitrogens with one attached hydrogen (secondary N) is 1. The number of benzene rings is 1. The number of piperidine rings is 1. The van der Waals surface area contributed by atoms with Gasteiger partial charge in [0.2, 0.25) is 11.8 Å². The molecular weight excluding hydrogens is 340 g/mol. The third-order valence-corrected chi connectivity index (χ3v) is 5.35. The first kappa shape index (κ1) is 17.7. The molecule has 2 aromatic rings. The standard InChI is InChI=1S/C21H24N4O2/c26-20(23-17-6-2-1-3-7-17)15-24-12-16-9-10-19(14-24)25(21(16)27)13-18-8-4-5-11-22-18/h1-8,11,16,19H,9-10,12-15H2,(H,23,26)/t16-,19+/m0/s1. The van der Waals surface area contributed by atoms with Gasteiger partial charge in [-0.2, -0.15) is 0 Å². The summed E-state index contributed by atoms with van der Waals surface area (Å²) in [6.07, 6.45) is 3.65. The molecule has 6 nitrogen and oxygen atoms in total. The first-order chi connectivity index (χ1) is 13.2. The molecule has 2 bridgehead atoms. The predicted molar refractivity (Wildman–Crippen MR) is 103 cm³/mol. The molecule has 2 amide bonds. The molecule has 5 rings (SSSR count). The highest BCUT2D eigenvalue weighted by molar-refractivity contribution is 5.92. The second-order valence-electron chi connectivity index (χ2n) is 7.32. The van der Waals surface area contributed by atoms with Gasteiger partial charge in [-0.3, -0.25) is 19.5 Å². The second kappa shape index (κ2) is 7.88. The van der Waals surface area contributed by atoms with E-state index in [1.165, 1.54) is 0 Å². The molecule has 2 atom stereocenters. The summed E-state index contributed by atoms with van der Waals surface area (Å²) in [4.78, 5) is 33.8. The minimum Gasteiger partial charge on any atom is -0.332 e. The first-order valence-corrected chi connectivity index (χ1v) is 9.46. The van der Waals surface area contributed by atoms with E-state index in [-0.39, 0.29) is 23.8 Å². The van der Waals surface area contributed by atoms with Gasteiger partial charge in [0.25, 0.3) is 0 Å². The van der Waals surface area contributed by atoms with Crippen LogP contribution in [0.15, 0.2) is 54.7 Å². The number of rotatable bonds is 5. The van der Waals surface area contributed by atoms with Crippen molar-refractivity contribution >= 4 is 17.5 Å². The van der Waals surface area contributed by atoms with Crippen LogP contribution in [0.3, 0.4) is 0 Å². The fourth-order valence-electron chi connectivity index (χ4n) is 4.06. The van der Waals surface area contributed by atoms with Crippen LogP contribution in [0.4, 0.5) is 5.69 Å². The van der Waals surface area contributed by atoms with Crippen LogP contribution < -0.4 is 5.32 Å². The minimum atomic E-state index is -0.0359. The Morgan fingerprint density at radius 1 is 1.07 bits per heavy atom. The molecule has 140 valence electrons. The van der Waals surface area contributed by atoms with Crippen LogP contribution in [-0.4, -0.2) is 52.3 Å². The van der Waals surface area contributed by atoms with Gasteiger partial charge in [0.05, 0.1) is 24.7 Å². The van der Waals surface area contributed by atoms with E-state index in [0.717, 1.165) is 30.8 Å². The molecule has 6 heteroatoms. The number of pyridine rings is 1. The van der Waals surface area contributed by atoms with Gasteiger partial charge in [0.1, 0.15) is 0 Å². The van der Waals surface area contributed by atoms with Crippen molar-refractivity contribution in [3.63, 3.8) is 0 Å². The van der Waals surface area contributed by atoms with Crippen molar-refractivity contribution in [3.8, 4) is 0 Å². The van der Waals surface area contributed by atoms with Crippen LogP contribution in [0.5, 0.6) is 0 Å². The van der Waals surface area contributed by atoms with Crippen molar-refractivity contribution in [1.82, 2.24) is 14.8 Å². The average molecular weight is 364 g/mol. The molecule has 0 spiro atoms. The Morgan fingerprint density at radius 3 is 2.67 bits per heavy atom. The molecule has 0 unspecified atom stereocenters. The highest BCUT2D eigenvalue weighted by atomic mass is 16.2. The zero-order valence-electron chi connectivity index (χ0n) is 15.3. The van der Waals surface area contributed by atoms with Crippen molar-refractivity contribution in [2.24, 2.45) is 5.92 Å². The Hall–Kier alpha value is -2.73. The van der Waals surface area contributed by atoms with E-state index in [9.17, 15) is 9.59 Å². The van der Waals surface area contributed by atoms with Crippen LogP contribution in [0.2, 0.25) is 0 Å². The maximum absolute atomic E-state index is 12.9. The number of aromatic nitrogens is 1. The lowest BCUT2D eigenvalue weighted by molar-refractivity contribution is -0.140. The SMILES string of the molecule is O=C(CN1C[C@@H]2CC[C@H](C1)N(Cc1ccccn1)C2=O)Nc1ccccc1. The van der Waals surface area contributed by atoms with E-state index in [1.807, 2.05) is 53.4 Å². The monoisotopic (exact) mass is 364 g/mol. The van der Waals surface area contributed by atoms with Gasteiger partial charge in [0.15, 0.2) is 0 Å². The van der Waals surface area contributed by atoms with Crippen molar-refractivity contribution in [3.05, 3.63) is 60.4 Å². The average Bonchev–Trinajstić information content (AvgIpc) is 2.95. The number of anilines is 1. The van der Waals surface area contributed by atoms with E-state index in [0.29, 0.717) is 19.6 Å². The highest BCUT2D eigenvalue weighted by Gasteiger charge is 2.40. The summed E-state index contributed by atoms with van der Waals surface area (Å²) in [5.41, 5.74) is 1.71. The molecule has 1 N–H and O–H groups in total. The van der Waals surface area contributed by atoms with Crippen molar-refractivity contribution in [2.45, 2.75) is 25.4 Å². The first-order valence-electron chi connectivity index (χ1n) is 9.46. The van der Waals surface area contributed by atoms with Gasteiger partial charge in [-0.15, -0.1) is 0 Å². The molecule has 1 aromatic heterocycles. The van der Waals surface area contributed by atoms with Crippen LogP contribution in [0.25, 0.3) is 0 Å². The lowest BCUT2D eigenvalue weighted by Gasteiger charge is -2.35. The van der Waals surface area contributed by atoms with Crippen LogP contribution in [0.1, 0.15) is 18.5 Å². The molecule has 0 radical (unpaired) electrons. The van der Waals surface area contributed by atoms with Crippen molar-refractivity contribution in [2.75, 3.05) is 25.0 Å². The van der Waals surface area contributed by atoms with E-state index >= 15 is 0 Å². The summed E-state index contributed by atoms with van der Waals surface area (Å²) in [5, 5.41) is 2.93. The summed E-state index contributed by atoms with van der Waals surface area (Å²) >= 11 is 0. The minimum absolute atomic E-state index is 0.0306. The lowest BCUT2D eigenvalue weighted by Crippen LogP contribution is -2.47. The summed E-state index contributed by atoms with van der Waals surface area (Å²) in [6, 6.07) is 15.4. The topological polar surface area (TPSA) is 65.5 Å². The zero-order valence-corrected chi connectivity index (χ0v) is 15.3. The fraction of sp³-hybridized carbons (Fsp3) is 0.381. The Bertz CT molecular complexity index is 796. The number of nitrogens with zero attached hydrogens (tertiary/aromatic N) is 3. The molecule has 1 aromatic carbocycles. The largest absolute Gasteiger partial charge is 0.332 e. The smallest absolute Gasteiger partial charge is 0.238 e. The normalized spacial score (nSPS) is 22.5. The summed E-state index contributed by atoms with van der Waals surface area (Å²) < 4.78 is 0. The van der Waals surface area contributed by atoms with Gasteiger partial charge >= 0.3 is 0 Å². The third kappa shape index (κ3) is 4.17. The Balaban J connectivity index is 1.41. The number of hydrogen-bond donors (Lipinski definition) is 1. The van der Waals surface area contributed by atoms with Gasteiger partial charge in [-0.25, -0.2) is 0 Å². The summed E-state index contributed by atoms with van der Waals surface area (Å²) in [6.45, 7) is 2.24. The Labute approximate surface area is 159 Å². The zero-order chi connectivity index (χ0) is 18.6. The van der Waals surface area contributed by atoms with Gasteiger partial charge in [-0.05, 0) is 37.1 Å². The number of hydrogen-bond acceptors (Lipinski definition) is 4. The Morgan fingerprint density at radius 2 is 1.89 bits per heavy atom. The second-order valence-corrected chi connectivity index (χ2v) is 7.32. The van der Waals surface area contributed by atoms with Crippen LogP contribution in [0, 0.1) is 5.92 Å². The molecule has 4 heterocycles. The molecule has 0 saturated carbocycles. The molecule has 3 saturated heterocycles. The number of fused-ring (bicyclic) bond motifs is 4. The predicted octanol–water partition coefficient (Wildman–Crippen LogP) is 2.14. The van der Waals surface area contributed by atoms with E-state index in [4.69, 9.17) is 0 Å². The number of carbonyl (C=O) groups excluding carboxylic acids is 2. The number of amides is 2. The van der Waals surface area contributed by atoms with Gasteiger partial charge < -0.3 is 10.2 Å². The maximum atomic E-state index is 12.9. The maximum Gasteiger partial charge on any atom is 0.238 e. The number of para-hydroxylation sites is 1. The van der Waals surface area contributed by atoms with Crippen molar-refractivity contribution < 1.29 is 9.59 Å². The van der Waals surface area contributed by atoms with E-state index in [2.05, 4.69) is 15.2 Å². The van der Waals surface area contributed by atoms with Crippen molar-refractivity contribution in [1.29, 1.82) is 0 Å². The molecule has 27 heavy (non-hydrogen) atoms. The van der Waals surface area contributed by atoms with Gasteiger partial charge in [-0.1, -0.05) is 24.3 Å². The molecule has 3 fully saturated rings. The van der Waals surface area contributed by atoms with Crippen LogP contribution in [-0.2, 0) is 16.1 Å². The molecule has 0 aliphatic carbocycles. The summed E-state index contributed by atoms with van der Waals surface area (Å²) in [7, 11) is 0. The molecule has 3 aliphatic rings. The quantitative estimate of drug-likeness (QED) is 0.883. The molecule has 3 aliphatic heterocycles. The van der Waals surface area contributed by atoms with E-state index in [1.54, 1.807) is 6.20 Å². The van der Waals surface area contributed by atoms with E-state index < -0.39 is 0 Å². The molecular formula is C21H24N4O2. The highest BCUT2D eigenvalue weighted by Crippen LogP contribution is 2.30. The third-order valence-electron chi connectivity index (χ3n) is 5.35. The summed E-state index contributed by atoms with van der Waals surface area (Å²) in [5.74, 6) is 0.131. The van der Waals surface area contributed by atoms with Crippen LogP contribution >= 0.6 is 0 Å². The van der Waals surface area contributed by atoms with Gasteiger partial charge in [0, 0.05) is 31.0 Å². The fourth-order valence-corrected chi connectivity index (χ4v) is 4.06. The Kier molecular flexibility index (Phi) is 5.16. The lowest BCUT2D eigenvalue weighted by atomic mass is 9.94.